The van der Waals surface area contributed by atoms with Crippen molar-refractivity contribution in [1.82, 2.24) is 4.90 Å². The Morgan fingerprint density at radius 2 is 1.61 bits per heavy atom. The average molecular weight is 391 g/mol. The van der Waals surface area contributed by atoms with E-state index in [0.717, 1.165) is 16.2 Å². The lowest BCUT2D eigenvalue weighted by atomic mass is 10.1. The summed E-state index contributed by atoms with van der Waals surface area (Å²) in [6.45, 7) is 2.58. The molecule has 5 nitrogen and oxygen atoms in total. The largest absolute Gasteiger partial charge is 0.471 e. The maximum absolute atomic E-state index is 12.5. The molecule has 0 radical (unpaired) electrons. The number of hydrogen-bond acceptors (Lipinski definition) is 3. The molecular weight excluding hydrogens is 371 g/mol. The molecule has 0 bridgehead atoms. The van der Waals surface area contributed by atoms with E-state index >= 15 is 0 Å². The Bertz CT molecular complexity index is 858. The van der Waals surface area contributed by atoms with Crippen LogP contribution in [0.25, 0.3) is 0 Å². The maximum Gasteiger partial charge on any atom is 0.471 e. The minimum atomic E-state index is -4.83. The van der Waals surface area contributed by atoms with E-state index in [1.165, 1.54) is 0 Å². The van der Waals surface area contributed by atoms with Crippen molar-refractivity contribution in [3.05, 3.63) is 59.7 Å². The van der Waals surface area contributed by atoms with Crippen molar-refractivity contribution in [3.8, 4) is 0 Å². The van der Waals surface area contributed by atoms with Crippen molar-refractivity contribution in [1.29, 1.82) is 0 Å². The monoisotopic (exact) mass is 391 g/mol. The summed E-state index contributed by atoms with van der Waals surface area (Å²) in [4.78, 5) is 26.3. The van der Waals surface area contributed by atoms with Crippen molar-refractivity contribution in [2.45, 2.75) is 13.1 Å². The Balaban J connectivity index is 1.58. The number of nitrogens with one attached hydrogen (secondary N) is 1. The highest BCUT2D eigenvalue weighted by Crippen LogP contribution is 2.23. The molecule has 0 aliphatic carbocycles. The first-order valence-electron chi connectivity index (χ1n) is 8.83. The smallest absolute Gasteiger partial charge is 0.368 e. The molecule has 1 saturated heterocycles. The van der Waals surface area contributed by atoms with Crippen molar-refractivity contribution in [3.63, 3.8) is 0 Å². The summed E-state index contributed by atoms with van der Waals surface area (Å²) >= 11 is 0. The molecule has 2 aromatic rings. The van der Waals surface area contributed by atoms with Crippen LogP contribution < -0.4 is 10.2 Å². The zero-order valence-electron chi connectivity index (χ0n) is 15.3. The van der Waals surface area contributed by atoms with Gasteiger partial charge in [-0.25, -0.2) is 0 Å². The van der Waals surface area contributed by atoms with Crippen molar-refractivity contribution < 1.29 is 22.8 Å². The average Bonchev–Trinajstić information content (AvgIpc) is 2.67. The summed E-state index contributed by atoms with van der Waals surface area (Å²) in [6, 6.07) is 14.3. The van der Waals surface area contributed by atoms with Crippen molar-refractivity contribution in [2.24, 2.45) is 0 Å². The van der Waals surface area contributed by atoms with E-state index in [2.05, 4.69) is 5.32 Å². The van der Waals surface area contributed by atoms with Gasteiger partial charge in [-0.05, 0) is 43.3 Å². The quantitative estimate of drug-likeness (QED) is 0.872. The number of carbonyl (C=O) groups is 2. The number of carbonyl (C=O) groups excluding carboxylic acids is 2. The van der Waals surface area contributed by atoms with Crippen LogP contribution in [0.3, 0.4) is 0 Å². The van der Waals surface area contributed by atoms with Gasteiger partial charge in [0.2, 0.25) is 0 Å². The van der Waals surface area contributed by atoms with Crippen LogP contribution in [0, 0.1) is 6.92 Å². The number of benzene rings is 2. The summed E-state index contributed by atoms with van der Waals surface area (Å²) in [5.41, 5.74) is 3.01. The topological polar surface area (TPSA) is 52.7 Å². The molecule has 1 fully saturated rings. The van der Waals surface area contributed by atoms with E-state index in [4.69, 9.17) is 0 Å². The molecule has 1 aliphatic heterocycles. The molecule has 1 heterocycles. The van der Waals surface area contributed by atoms with Crippen LogP contribution in [-0.4, -0.2) is 49.1 Å². The van der Waals surface area contributed by atoms with Crippen LogP contribution in [0.15, 0.2) is 48.5 Å². The van der Waals surface area contributed by atoms with Gasteiger partial charge < -0.3 is 15.1 Å². The van der Waals surface area contributed by atoms with Crippen molar-refractivity contribution >= 4 is 23.2 Å². The summed E-state index contributed by atoms with van der Waals surface area (Å²) in [7, 11) is 0. The number of nitrogens with zero attached hydrogens (tertiary/aromatic N) is 2. The van der Waals surface area contributed by atoms with Gasteiger partial charge in [-0.3, -0.25) is 9.59 Å². The van der Waals surface area contributed by atoms with Gasteiger partial charge in [-0.1, -0.05) is 17.7 Å². The fourth-order valence-electron chi connectivity index (χ4n) is 3.09. The minimum Gasteiger partial charge on any atom is -0.368 e. The molecule has 0 saturated carbocycles. The zero-order chi connectivity index (χ0) is 20.3. The molecule has 0 aromatic heterocycles. The molecule has 148 valence electrons. The van der Waals surface area contributed by atoms with Crippen LogP contribution in [0.4, 0.5) is 24.5 Å². The third-order valence-corrected chi connectivity index (χ3v) is 4.58. The predicted octanol–water partition coefficient (Wildman–Crippen LogP) is 3.46. The van der Waals surface area contributed by atoms with Gasteiger partial charge in [0, 0.05) is 43.1 Å². The van der Waals surface area contributed by atoms with Crippen LogP contribution in [0.5, 0.6) is 0 Å². The van der Waals surface area contributed by atoms with Gasteiger partial charge >= 0.3 is 12.1 Å². The molecule has 1 aliphatic rings. The second-order valence-corrected chi connectivity index (χ2v) is 6.65. The van der Waals surface area contributed by atoms with Crippen LogP contribution in [-0.2, 0) is 4.79 Å². The van der Waals surface area contributed by atoms with Crippen molar-refractivity contribution in [2.75, 3.05) is 36.4 Å². The van der Waals surface area contributed by atoms with E-state index in [0.29, 0.717) is 24.3 Å². The number of anilines is 2. The molecular formula is C20H20F3N3O2. The van der Waals surface area contributed by atoms with Gasteiger partial charge in [0.25, 0.3) is 5.91 Å². The van der Waals surface area contributed by atoms with Crippen LogP contribution in [0.2, 0.25) is 0 Å². The predicted molar refractivity (Wildman–Crippen MR) is 100 cm³/mol. The van der Waals surface area contributed by atoms with E-state index in [9.17, 15) is 22.8 Å². The number of hydrogen-bond donors (Lipinski definition) is 1. The number of piperazine rings is 1. The molecule has 0 unspecified atom stereocenters. The first kappa shape index (κ1) is 19.7. The summed E-state index contributed by atoms with van der Waals surface area (Å²) < 4.78 is 37.5. The number of aryl methyl sites for hydroxylation is 1. The summed E-state index contributed by atoms with van der Waals surface area (Å²) in [5, 5.41) is 2.82. The molecule has 0 spiro atoms. The lowest BCUT2D eigenvalue weighted by molar-refractivity contribution is -0.185. The number of rotatable bonds is 3. The zero-order valence-corrected chi connectivity index (χ0v) is 15.3. The molecule has 28 heavy (non-hydrogen) atoms. The first-order valence-corrected chi connectivity index (χ1v) is 8.83. The molecule has 1 N–H and O–H groups in total. The van der Waals surface area contributed by atoms with Gasteiger partial charge in [0.05, 0.1) is 0 Å². The minimum absolute atomic E-state index is 0.0180. The molecule has 0 atom stereocenters. The van der Waals surface area contributed by atoms with Crippen LogP contribution >= 0.6 is 0 Å². The lowest BCUT2D eigenvalue weighted by Gasteiger charge is -2.36. The van der Waals surface area contributed by atoms with E-state index in [1.807, 2.05) is 24.0 Å². The van der Waals surface area contributed by atoms with Gasteiger partial charge in [0.15, 0.2) is 0 Å². The lowest BCUT2D eigenvalue weighted by Crippen LogP contribution is -2.52. The Hall–Kier alpha value is -3.03. The fraction of sp³-hybridized carbons (Fsp3) is 0.300. The Kier molecular flexibility index (Phi) is 5.58. The Morgan fingerprint density at radius 3 is 2.18 bits per heavy atom. The number of amides is 2. The third kappa shape index (κ3) is 4.62. The molecule has 3 rings (SSSR count). The second-order valence-electron chi connectivity index (χ2n) is 6.65. The van der Waals surface area contributed by atoms with E-state index < -0.39 is 12.1 Å². The molecule has 2 amide bonds. The number of alkyl halides is 3. The van der Waals surface area contributed by atoms with Gasteiger partial charge in [-0.15, -0.1) is 0 Å². The highest BCUT2D eigenvalue weighted by molar-refractivity contribution is 6.04. The van der Waals surface area contributed by atoms with E-state index in [-0.39, 0.29) is 19.0 Å². The SMILES string of the molecule is Cc1cccc(C(=O)Nc2ccc(N3CCN(C(=O)C(F)(F)F)CC3)cc2)c1. The standard InChI is InChI=1S/C20H20F3N3O2/c1-14-3-2-4-15(13-14)18(27)24-16-5-7-17(8-6-16)25-9-11-26(12-10-25)19(28)20(21,22)23/h2-8,13H,9-12H2,1H3,(H,24,27). The van der Waals surface area contributed by atoms with Crippen LogP contribution in [0.1, 0.15) is 15.9 Å². The van der Waals surface area contributed by atoms with Gasteiger partial charge in [-0.2, -0.15) is 13.2 Å². The molecule has 2 aromatic carbocycles. The normalized spacial score (nSPS) is 14.7. The molecule has 8 heteroatoms. The third-order valence-electron chi connectivity index (χ3n) is 4.58. The highest BCUT2D eigenvalue weighted by atomic mass is 19.4. The summed E-state index contributed by atoms with van der Waals surface area (Å²) in [5.74, 6) is -2.00. The van der Waals surface area contributed by atoms with Gasteiger partial charge in [0.1, 0.15) is 0 Å². The first-order chi connectivity index (χ1) is 13.2. The Labute approximate surface area is 160 Å². The highest BCUT2D eigenvalue weighted by Gasteiger charge is 2.43. The maximum atomic E-state index is 12.5. The summed E-state index contributed by atoms with van der Waals surface area (Å²) in [6.07, 6.45) is -4.83. The van der Waals surface area contributed by atoms with E-state index in [1.54, 1.807) is 36.4 Å². The Morgan fingerprint density at radius 1 is 0.964 bits per heavy atom. The fourth-order valence-corrected chi connectivity index (χ4v) is 3.09. The number of halogens is 3. The second kappa shape index (κ2) is 7.92.